The molecule has 0 aromatic heterocycles. The van der Waals surface area contributed by atoms with Crippen molar-refractivity contribution in [3.8, 4) is 11.5 Å². The molecule has 3 heteroatoms. The Morgan fingerprint density at radius 1 is 0.938 bits per heavy atom. The van der Waals surface area contributed by atoms with Crippen molar-refractivity contribution >= 4 is 15.9 Å². The minimum Gasteiger partial charge on any atom is -0.456 e. The maximum Gasteiger partial charge on any atom is 0.141 e. The minimum absolute atomic E-state index is 0.0272. The number of para-hydroxylation sites is 2. The molecule has 0 spiro atoms. The van der Waals surface area contributed by atoms with Crippen molar-refractivity contribution in [3.05, 3.63) is 58.6 Å². The number of benzene rings is 2. The van der Waals surface area contributed by atoms with Crippen molar-refractivity contribution in [3.63, 3.8) is 0 Å². The molecular formula is C13H11BrO2. The van der Waals surface area contributed by atoms with Gasteiger partial charge in [-0.15, -0.1) is 0 Å². The molecule has 0 heterocycles. The van der Waals surface area contributed by atoms with Crippen LogP contribution in [0.25, 0.3) is 0 Å². The molecule has 0 aliphatic rings. The van der Waals surface area contributed by atoms with Gasteiger partial charge in [0.1, 0.15) is 11.5 Å². The lowest BCUT2D eigenvalue weighted by molar-refractivity contribution is 0.276. The molecule has 0 amide bonds. The molecule has 0 unspecified atom stereocenters. The quantitative estimate of drug-likeness (QED) is 0.927. The highest BCUT2D eigenvalue weighted by Crippen LogP contribution is 2.30. The second kappa shape index (κ2) is 5.14. The summed E-state index contributed by atoms with van der Waals surface area (Å²) in [6.45, 7) is -0.0272. The van der Waals surface area contributed by atoms with Crippen LogP contribution in [0.3, 0.4) is 0 Å². The van der Waals surface area contributed by atoms with Gasteiger partial charge in [-0.2, -0.15) is 0 Å². The summed E-state index contributed by atoms with van der Waals surface area (Å²) in [4.78, 5) is 0. The third kappa shape index (κ3) is 2.43. The Morgan fingerprint density at radius 3 is 2.25 bits per heavy atom. The van der Waals surface area contributed by atoms with Crippen LogP contribution in [0.2, 0.25) is 0 Å². The van der Waals surface area contributed by atoms with Crippen molar-refractivity contribution in [2.75, 3.05) is 0 Å². The Bertz CT molecular complexity index is 483. The van der Waals surface area contributed by atoms with Crippen LogP contribution in [0.15, 0.2) is 53.0 Å². The van der Waals surface area contributed by atoms with E-state index in [2.05, 4.69) is 15.9 Å². The Balaban J connectivity index is 2.30. The molecule has 2 aromatic carbocycles. The number of halogens is 1. The van der Waals surface area contributed by atoms with Gasteiger partial charge in [0.15, 0.2) is 0 Å². The van der Waals surface area contributed by atoms with E-state index in [0.29, 0.717) is 5.75 Å². The van der Waals surface area contributed by atoms with E-state index in [-0.39, 0.29) is 6.61 Å². The van der Waals surface area contributed by atoms with E-state index in [0.717, 1.165) is 15.8 Å². The van der Waals surface area contributed by atoms with Gasteiger partial charge in [0, 0.05) is 5.56 Å². The minimum atomic E-state index is -0.0272. The summed E-state index contributed by atoms with van der Waals surface area (Å²) in [6, 6.07) is 15.0. The zero-order valence-electron chi connectivity index (χ0n) is 8.56. The average molecular weight is 279 g/mol. The molecule has 1 N–H and O–H groups in total. The molecule has 0 bridgehead atoms. The molecule has 2 aromatic rings. The lowest BCUT2D eigenvalue weighted by Gasteiger charge is -2.10. The van der Waals surface area contributed by atoms with Gasteiger partial charge >= 0.3 is 0 Å². The fourth-order valence-electron chi connectivity index (χ4n) is 1.38. The fourth-order valence-corrected chi connectivity index (χ4v) is 1.75. The van der Waals surface area contributed by atoms with Crippen LogP contribution in [-0.2, 0) is 6.61 Å². The summed E-state index contributed by atoms with van der Waals surface area (Å²) < 4.78 is 6.62. The van der Waals surface area contributed by atoms with E-state index < -0.39 is 0 Å². The first-order chi connectivity index (χ1) is 7.81. The number of rotatable bonds is 3. The number of aliphatic hydroxyl groups excluding tert-OH is 1. The van der Waals surface area contributed by atoms with Gasteiger partial charge < -0.3 is 9.84 Å². The predicted molar refractivity (Wildman–Crippen MR) is 66.6 cm³/mol. The van der Waals surface area contributed by atoms with Crippen LogP contribution < -0.4 is 4.74 Å². The van der Waals surface area contributed by atoms with Gasteiger partial charge in [-0.3, -0.25) is 0 Å². The molecule has 16 heavy (non-hydrogen) atoms. The van der Waals surface area contributed by atoms with Crippen molar-refractivity contribution in [1.29, 1.82) is 0 Å². The van der Waals surface area contributed by atoms with Gasteiger partial charge in [0.2, 0.25) is 0 Å². The second-order valence-corrected chi connectivity index (χ2v) is 4.15. The maximum atomic E-state index is 9.17. The number of hydrogen-bond donors (Lipinski definition) is 1. The van der Waals surface area contributed by atoms with Crippen LogP contribution in [-0.4, -0.2) is 5.11 Å². The summed E-state index contributed by atoms with van der Waals surface area (Å²) in [5.74, 6) is 1.42. The summed E-state index contributed by atoms with van der Waals surface area (Å²) in [7, 11) is 0. The molecule has 0 aliphatic carbocycles. The first kappa shape index (κ1) is 11.2. The highest BCUT2D eigenvalue weighted by molar-refractivity contribution is 9.10. The number of ether oxygens (including phenoxy) is 1. The standard InChI is InChI=1S/C13H11BrO2/c14-11-6-2-4-8-13(11)16-12-7-3-1-5-10(12)9-15/h1-8,15H,9H2. The van der Waals surface area contributed by atoms with Crippen LogP contribution in [0.4, 0.5) is 0 Å². The molecule has 0 aliphatic heterocycles. The van der Waals surface area contributed by atoms with Gasteiger partial charge in [-0.1, -0.05) is 30.3 Å². The summed E-state index contributed by atoms with van der Waals surface area (Å²) >= 11 is 3.41. The van der Waals surface area contributed by atoms with Crippen LogP contribution in [0.1, 0.15) is 5.56 Å². The Kier molecular flexibility index (Phi) is 3.59. The molecule has 0 atom stereocenters. The van der Waals surface area contributed by atoms with Crippen LogP contribution in [0, 0.1) is 0 Å². The predicted octanol–water partition coefficient (Wildman–Crippen LogP) is 3.73. The molecular weight excluding hydrogens is 268 g/mol. The number of hydrogen-bond acceptors (Lipinski definition) is 2. The lowest BCUT2D eigenvalue weighted by Crippen LogP contribution is -1.91. The largest absolute Gasteiger partial charge is 0.456 e. The topological polar surface area (TPSA) is 29.5 Å². The number of aliphatic hydroxyl groups is 1. The maximum absolute atomic E-state index is 9.17. The molecule has 0 saturated carbocycles. The summed E-state index contributed by atoms with van der Waals surface area (Å²) in [6.07, 6.45) is 0. The normalized spacial score (nSPS) is 10.1. The molecule has 2 nitrogen and oxygen atoms in total. The van der Waals surface area contributed by atoms with Crippen molar-refractivity contribution in [2.24, 2.45) is 0 Å². The first-order valence-corrected chi connectivity index (χ1v) is 5.71. The third-order valence-corrected chi connectivity index (χ3v) is 2.85. The van der Waals surface area contributed by atoms with Gasteiger partial charge in [0.25, 0.3) is 0 Å². The van der Waals surface area contributed by atoms with E-state index in [9.17, 15) is 5.11 Å². The van der Waals surface area contributed by atoms with Crippen LogP contribution >= 0.6 is 15.9 Å². The monoisotopic (exact) mass is 278 g/mol. The fraction of sp³-hybridized carbons (Fsp3) is 0.0769. The molecule has 0 fully saturated rings. The van der Waals surface area contributed by atoms with E-state index in [4.69, 9.17) is 4.74 Å². The molecule has 0 saturated heterocycles. The first-order valence-electron chi connectivity index (χ1n) is 4.92. The molecule has 82 valence electrons. The zero-order chi connectivity index (χ0) is 11.4. The third-order valence-electron chi connectivity index (χ3n) is 2.20. The smallest absolute Gasteiger partial charge is 0.141 e. The van der Waals surface area contributed by atoms with E-state index >= 15 is 0 Å². The SMILES string of the molecule is OCc1ccccc1Oc1ccccc1Br. The average Bonchev–Trinajstić information content (AvgIpc) is 2.33. The Hall–Kier alpha value is -1.32. The van der Waals surface area contributed by atoms with Crippen molar-refractivity contribution in [1.82, 2.24) is 0 Å². The lowest BCUT2D eigenvalue weighted by atomic mass is 10.2. The van der Waals surface area contributed by atoms with Gasteiger partial charge in [0.05, 0.1) is 11.1 Å². The molecule has 2 rings (SSSR count). The Morgan fingerprint density at radius 2 is 1.56 bits per heavy atom. The van der Waals surface area contributed by atoms with Crippen LogP contribution in [0.5, 0.6) is 11.5 Å². The van der Waals surface area contributed by atoms with E-state index in [1.165, 1.54) is 0 Å². The van der Waals surface area contributed by atoms with Crippen molar-refractivity contribution < 1.29 is 9.84 Å². The highest BCUT2D eigenvalue weighted by atomic mass is 79.9. The van der Waals surface area contributed by atoms with Gasteiger partial charge in [-0.25, -0.2) is 0 Å². The summed E-state index contributed by atoms with van der Waals surface area (Å²) in [5.41, 5.74) is 0.776. The van der Waals surface area contributed by atoms with E-state index in [1.54, 1.807) is 0 Å². The second-order valence-electron chi connectivity index (χ2n) is 3.30. The van der Waals surface area contributed by atoms with E-state index in [1.807, 2.05) is 48.5 Å². The molecule has 0 radical (unpaired) electrons. The van der Waals surface area contributed by atoms with Crippen molar-refractivity contribution in [2.45, 2.75) is 6.61 Å². The summed E-state index contributed by atoms with van der Waals surface area (Å²) in [5, 5.41) is 9.17. The zero-order valence-corrected chi connectivity index (χ0v) is 10.1. The highest BCUT2D eigenvalue weighted by Gasteiger charge is 2.05. The Labute approximate surface area is 103 Å². The van der Waals surface area contributed by atoms with Gasteiger partial charge in [-0.05, 0) is 34.1 Å².